The zero-order valence-electron chi connectivity index (χ0n) is 16.8. The predicted octanol–water partition coefficient (Wildman–Crippen LogP) is 1.61. The summed E-state index contributed by atoms with van der Waals surface area (Å²) in [5.41, 5.74) is 1.37. The van der Waals surface area contributed by atoms with Crippen LogP contribution in [0.5, 0.6) is 0 Å². The van der Waals surface area contributed by atoms with Gasteiger partial charge in [0.25, 0.3) is 0 Å². The molecule has 3 rings (SSSR count). The van der Waals surface area contributed by atoms with Gasteiger partial charge >= 0.3 is 0 Å². The van der Waals surface area contributed by atoms with Crippen molar-refractivity contribution in [3.8, 4) is 10.6 Å². The first-order valence-corrected chi connectivity index (χ1v) is 10.2. The van der Waals surface area contributed by atoms with Crippen LogP contribution in [-0.4, -0.2) is 62.6 Å². The Labute approximate surface area is 168 Å². The quantitative estimate of drug-likeness (QED) is 0.805. The number of nitrogens with one attached hydrogen (secondary N) is 1. The van der Waals surface area contributed by atoms with Gasteiger partial charge in [0.05, 0.1) is 17.2 Å². The van der Waals surface area contributed by atoms with Crippen molar-refractivity contribution in [3.05, 3.63) is 23.2 Å². The fourth-order valence-corrected chi connectivity index (χ4v) is 4.53. The summed E-state index contributed by atoms with van der Waals surface area (Å²) >= 11 is 1.58. The maximum Gasteiger partial charge on any atom is 0.248 e. The van der Waals surface area contributed by atoms with Gasteiger partial charge in [-0.2, -0.15) is 0 Å². The van der Waals surface area contributed by atoms with E-state index < -0.39 is 23.6 Å². The molecule has 1 aliphatic heterocycles. The SMILES string of the molecule is CNC(=O)[C@@H]1C[C@@H](O)CN1C(=O)[C@@H](n1cc(-c2sccc2C)nn1)C(C)(C)C. The molecule has 1 fully saturated rings. The molecule has 3 atom stereocenters. The highest BCUT2D eigenvalue weighted by molar-refractivity contribution is 7.13. The molecule has 3 heterocycles. The second-order valence-electron chi connectivity index (χ2n) is 8.30. The van der Waals surface area contributed by atoms with Crippen molar-refractivity contribution >= 4 is 23.2 Å². The maximum atomic E-state index is 13.5. The monoisotopic (exact) mass is 405 g/mol. The number of rotatable bonds is 4. The van der Waals surface area contributed by atoms with Gasteiger partial charge in [0.2, 0.25) is 11.8 Å². The number of aromatic nitrogens is 3. The molecular weight excluding hydrogens is 378 g/mol. The van der Waals surface area contributed by atoms with Gasteiger partial charge in [-0.05, 0) is 29.3 Å². The van der Waals surface area contributed by atoms with Crippen molar-refractivity contribution in [1.82, 2.24) is 25.2 Å². The number of aliphatic hydroxyl groups excluding tert-OH is 1. The molecule has 0 saturated carbocycles. The zero-order chi connectivity index (χ0) is 20.6. The van der Waals surface area contributed by atoms with E-state index in [4.69, 9.17) is 0 Å². The van der Waals surface area contributed by atoms with Crippen molar-refractivity contribution in [2.75, 3.05) is 13.6 Å². The third-order valence-corrected chi connectivity index (χ3v) is 6.07. The molecule has 0 radical (unpaired) electrons. The highest BCUT2D eigenvalue weighted by Gasteiger charge is 2.45. The first-order valence-electron chi connectivity index (χ1n) is 9.30. The molecule has 1 saturated heterocycles. The van der Waals surface area contributed by atoms with E-state index in [1.807, 2.05) is 39.1 Å². The fourth-order valence-electron chi connectivity index (χ4n) is 3.65. The summed E-state index contributed by atoms with van der Waals surface area (Å²) in [4.78, 5) is 28.2. The minimum absolute atomic E-state index is 0.134. The van der Waals surface area contributed by atoms with Gasteiger partial charge < -0.3 is 15.3 Å². The number of aliphatic hydroxyl groups is 1. The summed E-state index contributed by atoms with van der Waals surface area (Å²) < 4.78 is 1.59. The highest BCUT2D eigenvalue weighted by atomic mass is 32.1. The molecule has 0 bridgehead atoms. The number of carbonyl (C=O) groups is 2. The normalized spacial score (nSPS) is 21.0. The molecule has 2 aromatic rings. The minimum Gasteiger partial charge on any atom is -0.391 e. The number of thiophene rings is 1. The van der Waals surface area contributed by atoms with Gasteiger partial charge in [-0.3, -0.25) is 9.59 Å². The molecule has 2 amide bonds. The fraction of sp³-hybridized carbons (Fsp3) is 0.579. The largest absolute Gasteiger partial charge is 0.391 e. The van der Waals surface area contributed by atoms with E-state index in [0.717, 1.165) is 16.1 Å². The van der Waals surface area contributed by atoms with Crippen molar-refractivity contribution in [3.63, 3.8) is 0 Å². The number of amides is 2. The third-order valence-electron chi connectivity index (χ3n) is 5.03. The number of likely N-dealkylation sites (N-methyl/N-ethyl adjacent to an activating group) is 1. The van der Waals surface area contributed by atoms with E-state index >= 15 is 0 Å². The van der Waals surface area contributed by atoms with E-state index in [0.29, 0.717) is 0 Å². The Balaban J connectivity index is 1.95. The molecule has 152 valence electrons. The minimum atomic E-state index is -0.716. The second-order valence-corrected chi connectivity index (χ2v) is 9.21. The van der Waals surface area contributed by atoms with Crippen LogP contribution in [-0.2, 0) is 9.59 Å². The van der Waals surface area contributed by atoms with Crippen LogP contribution in [0.2, 0.25) is 0 Å². The average molecular weight is 406 g/mol. The number of likely N-dealkylation sites (tertiary alicyclic amines) is 1. The molecule has 9 heteroatoms. The van der Waals surface area contributed by atoms with Crippen LogP contribution in [0.4, 0.5) is 0 Å². The van der Waals surface area contributed by atoms with E-state index in [-0.39, 0.29) is 24.8 Å². The van der Waals surface area contributed by atoms with Gasteiger partial charge in [0, 0.05) is 20.0 Å². The van der Waals surface area contributed by atoms with Crippen LogP contribution in [0.3, 0.4) is 0 Å². The molecule has 0 unspecified atom stereocenters. The summed E-state index contributed by atoms with van der Waals surface area (Å²) in [7, 11) is 1.53. The number of nitrogens with zero attached hydrogens (tertiary/aromatic N) is 4. The molecule has 28 heavy (non-hydrogen) atoms. The van der Waals surface area contributed by atoms with Crippen LogP contribution < -0.4 is 5.32 Å². The lowest BCUT2D eigenvalue weighted by molar-refractivity contribution is -0.144. The third kappa shape index (κ3) is 3.81. The molecule has 1 aliphatic rings. The van der Waals surface area contributed by atoms with Gasteiger partial charge in [-0.25, -0.2) is 4.68 Å². The first-order chi connectivity index (χ1) is 13.1. The molecule has 0 aliphatic carbocycles. The Kier molecular flexibility index (Phi) is 5.58. The van der Waals surface area contributed by atoms with Crippen LogP contribution >= 0.6 is 11.3 Å². The summed E-state index contributed by atoms with van der Waals surface area (Å²) in [5.74, 6) is -0.511. The summed E-state index contributed by atoms with van der Waals surface area (Å²) in [6, 6.07) is 0.691. The summed E-state index contributed by atoms with van der Waals surface area (Å²) in [6.07, 6.45) is 1.31. The van der Waals surface area contributed by atoms with Crippen LogP contribution in [0.25, 0.3) is 10.6 Å². The standard InChI is InChI=1S/C19H27N5O3S/c1-11-6-7-28-15(11)13-10-24(22-21-13)16(19(2,3)4)18(27)23-9-12(25)8-14(23)17(26)20-5/h6-7,10,12,14,16,25H,8-9H2,1-5H3,(H,20,26)/t12-,14+,16-/m1/s1. The Bertz CT molecular complexity index is 869. The summed E-state index contributed by atoms with van der Waals surface area (Å²) in [5, 5.41) is 23.2. The van der Waals surface area contributed by atoms with Gasteiger partial charge in [0.15, 0.2) is 0 Å². The Morgan fingerprint density at radius 3 is 2.68 bits per heavy atom. The van der Waals surface area contributed by atoms with E-state index in [9.17, 15) is 14.7 Å². The highest BCUT2D eigenvalue weighted by Crippen LogP contribution is 2.35. The lowest BCUT2D eigenvalue weighted by Crippen LogP contribution is -2.49. The first kappa shape index (κ1) is 20.5. The van der Waals surface area contributed by atoms with Crippen LogP contribution in [0, 0.1) is 12.3 Å². The van der Waals surface area contributed by atoms with E-state index in [1.54, 1.807) is 22.2 Å². The molecular formula is C19H27N5O3S. The molecule has 0 aromatic carbocycles. The van der Waals surface area contributed by atoms with Crippen molar-refractivity contribution < 1.29 is 14.7 Å². The van der Waals surface area contributed by atoms with Crippen LogP contribution in [0.15, 0.2) is 17.6 Å². The van der Waals surface area contributed by atoms with E-state index in [2.05, 4.69) is 15.6 Å². The van der Waals surface area contributed by atoms with Crippen molar-refractivity contribution in [2.45, 2.75) is 52.3 Å². The van der Waals surface area contributed by atoms with Gasteiger partial charge in [-0.15, -0.1) is 16.4 Å². The molecule has 2 N–H and O–H groups in total. The number of aryl methyl sites for hydroxylation is 1. The van der Waals surface area contributed by atoms with Gasteiger partial charge in [-0.1, -0.05) is 26.0 Å². The Hall–Kier alpha value is -2.26. The van der Waals surface area contributed by atoms with Crippen molar-refractivity contribution in [1.29, 1.82) is 0 Å². The molecule has 0 spiro atoms. The van der Waals surface area contributed by atoms with Gasteiger partial charge in [0.1, 0.15) is 17.8 Å². The number of β-amino-alcohol motifs (C(OH)–C–C–N with tert-alkyl or cyclic N) is 1. The predicted molar refractivity (Wildman–Crippen MR) is 107 cm³/mol. The average Bonchev–Trinajstić information content (AvgIpc) is 3.32. The molecule has 2 aromatic heterocycles. The Morgan fingerprint density at radius 2 is 2.11 bits per heavy atom. The number of hydrogen-bond donors (Lipinski definition) is 2. The number of carbonyl (C=O) groups excluding carboxylic acids is 2. The zero-order valence-corrected chi connectivity index (χ0v) is 17.7. The summed E-state index contributed by atoms with van der Waals surface area (Å²) in [6.45, 7) is 8.00. The van der Waals surface area contributed by atoms with Crippen molar-refractivity contribution in [2.24, 2.45) is 5.41 Å². The lowest BCUT2D eigenvalue weighted by Gasteiger charge is -2.34. The Morgan fingerprint density at radius 1 is 1.39 bits per heavy atom. The lowest BCUT2D eigenvalue weighted by atomic mass is 9.85. The molecule has 8 nitrogen and oxygen atoms in total. The topological polar surface area (TPSA) is 100 Å². The smallest absolute Gasteiger partial charge is 0.248 e. The van der Waals surface area contributed by atoms with Crippen LogP contribution in [0.1, 0.15) is 38.8 Å². The van der Waals surface area contributed by atoms with E-state index in [1.165, 1.54) is 11.9 Å². The number of hydrogen-bond acceptors (Lipinski definition) is 6. The maximum absolute atomic E-state index is 13.5. The second kappa shape index (κ2) is 7.63.